The van der Waals surface area contributed by atoms with E-state index >= 15 is 0 Å². The topological polar surface area (TPSA) is 61.3 Å². The Morgan fingerprint density at radius 1 is 1.37 bits per heavy atom. The number of esters is 1. The number of hydrogen-bond donors (Lipinski definition) is 0. The number of aromatic nitrogens is 2. The van der Waals surface area contributed by atoms with Crippen molar-refractivity contribution < 1.29 is 14.3 Å². The highest BCUT2D eigenvalue weighted by Gasteiger charge is 2.33. The smallest absolute Gasteiger partial charge is 0.342 e. The van der Waals surface area contributed by atoms with Gasteiger partial charge in [-0.15, -0.1) is 0 Å². The van der Waals surface area contributed by atoms with Crippen molar-refractivity contribution in [1.29, 1.82) is 0 Å². The molecule has 0 bridgehead atoms. The summed E-state index contributed by atoms with van der Waals surface area (Å²) in [5.74, 6) is -0.0523. The van der Waals surface area contributed by atoms with Crippen LogP contribution in [0.4, 0.5) is 0 Å². The van der Waals surface area contributed by atoms with Gasteiger partial charge in [0.2, 0.25) is 0 Å². The minimum Gasteiger partial charge on any atom is -0.465 e. The lowest BCUT2D eigenvalue weighted by Crippen LogP contribution is -2.31. The molecule has 0 radical (unpaired) electrons. The number of ether oxygens (including phenoxy) is 2. The van der Waals surface area contributed by atoms with Crippen LogP contribution >= 0.6 is 11.6 Å². The molecular weight excluding hydrogens is 268 g/mol. The summed E-state index contributed by atoms with van der Waals surface area (Å²) in [4.78, 5) is 19.9. The van der Waals surface area contributed by atoms with Gasteiger partial charge in [0.15, 0.2) is 5.82 Å². The molecular formula is C13H19ClN2O3. The Bertz CT molecular complexity index is 448. The van der Waals surface area contributed by atoms with Gasteiger partial charge in [-0.3, -0.25) is 0 Å². The highest BCUT2D eigenvalue weighted by Crippen LogP contribution is 2.31. The summed E-state index contributed by atoms with van der Waals surface area (Å²) in [6.45, 7) is 6.49. The zero-order chi connectivity index (χ0) is 14.5. The maximum atomic E-state index is 11.4. The monoisotopic (exact) mass is 286 g/mol. The van der Waals surface area contributed by atoms with Crippen LogP contribution in [0.2, 0.25) is 5.15 Å². The van der Waals surface area contributed by atoms with Gasteiger partial charge < -0.3 is 9.47 Å². The Labute approximate surface area is 118 Å². The quantitative estimate of drug-likeness (QED) is 0.594. The molecule has 0 aliphatic carbocycles. The number of nitrogens with zero attached hydrogens (tertiary/aromatic N) is 2. The summed E-state index contributed by atoms with van der Waals surface area (Å²) in [5.41, 5.74) is -0.405. The highest BCUT2D eigenvalue weighted by molar-refractivity contribution is 6.32. The van der Waals surface area contributed by atoms with E-state index in [0.29, 0.717) is 12.4 Å². The highest BCUT2D eigenvalue weighted by atomic mass is 35.5. The molecule has 1 aromatic rings. The average molecular weight is 287 g/mol. The van der Waals surface area contributed by atoms with E-state index in [4.69, 9.17) is 16.3 Å². The van der Waals surface area contributed by atoms with Gasteiger partial charge in [-0.05, 0) is 19.8 Å². The zero-order valence-electron chi connectivity index (χ0n) is 11.7. The number of rotatable bonds is 6. The second-order valence-corrected chi connectivity index (χ2v) is 4.38. The lowest BCUT2D eigenvalue weighted by Gasteiger charge is -2.29. The zero-order valence-corrected chi connectivity index (χ0v) is 12.5. The lowest BCUT2D eigenvalue weighted by molar-refractivity contribution is -0.0572. The molecule has 1 heterocycles. The van der Waals surface area contributed by atoms with Crippen LogP contribution in [0.15, 0.2) is 6.20 Å². The van der Waals surface area contributed by atoms with E-state index in [1.165, 1.54) is 13.3 Å². The average Bonchev–Trinajstić information content (AvgIpc) is 2.44. The third-order valence-corrected chi connectivity index (χ3v) is 3.41. The van der Waals surface area contributed by atoms with Gasteiger partial charge in [-0.2, -0.15) is 0 Å². The van der Waals surface area contributed by atoms with Gasteiger partial charge in [-0.25, -0.2) is 14.8 Å². The van der Waals surface area contributed by atoms with Gasteiger partial charge in [0.25, 0.3) is 0 Å². The molecule has 5 nitrogen and oxygen atoms in total. The summed E-state index contributed by atoms with van der Waals surface area (Å²) in [5, 5.41) is 0.0860. The fourth-order valence-corrected chi connectivity index (χ4v) is 2.14. The van der Waals surface area contributed by atoms with Crippen LogP contribution < -0.4 is 0 Å². The third kappa shape index (κ3) is 3.22. The van der Waals surface area contributed by atoms with E-state index in [1.807, 2.05) is 20.8 Å². The van der Waals surface area contributed by atoms with Gasteiger partial charge in [0, 0.05) is 12.8 Å². The summed E-state index contributed by atoms with van der Waals surface area (Å²) >= 11 is 6.02. The van der Waals surface area contributed by atoms with Crippen molar-refractivity contribution in [3.05, 3.63) is 22.7 Å². The molecule has 0 spiro atoms. The Morgan fingerprint density at radius 2 is 2.00 bits per heavy atom. The van der Waals surface area contributed by atoms with E-state index in [1.54, 1.807) is 0 Å². The molecule has 0 N–H and O–H groups in total. The van der Waals surface area contributed by atoms with Crippen molar-refractivity contribution in [3.63, 3.8) is 0 Å². The van der Waals surface area contributed by atoms with Crippen molar-refractivity contribution in [2.24, 2.45) is 0 Å². The maximum absolute atomic E-state index is 11.4. The normalized spacial score (nSPS) is 11.4. The fraction of sp³-hybridized carbons (Fsp3) is 0.615. The van der Waals surface area contributed by atoms with E-state index < -0.39 is 11.6 Å². The summed E-state index contributed by atoms with van der Waals surface area (Å²) < 4.78 is 10.4. The first-order chi connectivity index (χ1) is 9.04. The Morgan fingerprint density at radius 3 is 2.42 bits per heavy atom. The molecule has 0 aliphatic rings. The second kappa shape index (κ2) is 6.82. The van der Waals surface area contributed by atoms with E-state index in [9.17, 15) is 4.79 Å². The van der Waals surface area contributed by atoms with E-state index in [2.05, 4.69) is 14.7 Å². The van der Waals surface area contributed by atoms with Crippen LogP contribution in [0, 0.1) is 0 Å². The largest absolute Gasteiger partial charge is 0.465 e. The standard InChI is InChI=1S/C13H19ClN2O3/c1-5-13(6-2,19-7-3)12-15-8-9(10(14)16-12)11(17)18-4/h8H,5-7H2,1-4H3. The van der Waals surface area contributed by atoms with E-state index in [0.717, 1.165) is 12.8 Å². The molecule has 0 aliphatic heterocycles. The molecule has 0 saturated carbocycles. The van der Waals surface area contributed by atoms with Crippen molar-refractivity contribution in [2.45, 2.75) is 39.2 Å². The Balaban J connectivity index is 3.20. The molecule has 0 amide bonds. The molecule has 0 atom stereocenters. The molecule has 0 unspecified atom stereocenters. The van der Waals surface area contributed by atoms with Crippen LogP contribution in [0.1, 0.15) is 49.8 Å². The molecule has 6 heteroatoms. The first-order valence-electron chi connectivity index (χ1n) is 6.29. The number of carbonyl (C=O) groups is 1. The van der Waals surface area contributed by atoms with Crippen LogP contribution in [0.5, 0.6) is 0 Å². The molecule has 106 valence electrons. The molecule has 1 aromatic heterocycles. The van der Waals surface area contributed by atoms with Crippen LogP contribution in [-0.4, -0.2) is 29.7 Å². The van der Waals surface area contributed by atoms with Crippen molar-refractivity contribution in [1.82, 2.24) is 9.97 Å². The summed E-state index contributed by atoms with van der Waals surface area (Å²) in [6, 6.07) is 0. The summed E-state index contributed by atoms with van der Waals surface area (Å²) in [6.07, 6.45) is 2.84. The minimum absolute atomic E-state index is 0.0860. The van der Waals surface area contributed by atoms with Gasteiger partial charge in [0.1, 0.15) is 16.3 Å². The second-order valence-electron chi connectivity index (χ2n) is 4.02. The summed E-state index contributed by atoms with van der Waals surface area (Å²) in [7, 11) is 1.29. The number of methoxy groups -OCH3 is 1. The number of carbonyl (C=O) groups excluding carboxylic acids is 1. The molecule has 0 saturated heterocycles. The van der Waals surface area contributed by atoms with Crippen molar-refractivity contribution in [3.8, 4) is 0 Å². The Kier molecular flexibility index (Phi) is 5.69. The minimum atomic E-state index is -0.562. The SMILES string of the molecule is CCOC(CC)(CC)c1ncc(C(=O)OC)c(Cl)n1. The van der Waals surface area contributed by atoms with Crippen LogP contribution in [-0.2, 0) is 15.1 Å². The predicted molar refractivity (Wildman–Crippen MR) is 72.3 cm³/mol. The van der Waals surface area contributed by atoms with Gasteiger partial charge >= 0.3 is 5.97 Å². The third-order valence-electron chi connectivity index (χ3n) is 3.12. The van der Waals surface area contributed by atoms with Crippen molar-refractivity contribution >= 4 is 17.6 Å². The van der Waals surface area contributed by atoms with Gasteiger partial charge in [-0.1, -0.05) is 25.4 Å². The molecule has 1 rings (SSSR count). The van der Waals surface area contributed by atoms with E-state index in [-0.39, 0.29) is 10.7 Å². The van der Waals surface area contributed by atoms with Gasteiger partial charge in [0.05, 0.1) is 7.11 Å². The molecule has 19 heavy (non-hydrogen) atoms. The number of halogens is 1. The van der Waals surface area contributed by atoms with Crippen molar-refractivity contribution in [2.75, 3.05) is 13.7 Å². The predicted octanol–water partition coefficient (Wildman–Crippen LogP) is 2.97. The lowest BCUT2D eigenvalue weighted by atomic mass is 9.96. The molecule has 0 aromatic carbocycles. The Hall–Kier alpha value is -1.20. The van der Waals surface area contributed by atoms with Crippen LogP contribution in [0.3, 0.4) is 0 Å². The number of hydrogen-bond acceptors (Lipinski definition) is 5. The first-order valence-corrected chi connectivity index (χ1v) is 6.67. The van der Waals surface area contributed by atoms with Crippen LogP contribution in [0.25, 0.3) is 0 Å². The first kappa shape index (κ1) is 15.9. The molecule has 0 fully saturated rings. The maximum Gasteiger partial charge on any atom is 0.342 e. The fourth-order valence-electron chi connectivity index (χ4n) is 1.94.